The molecule has 0 atom stereocenters. The molecular weight excluding hydrogens is 344 g/mol. The molecule has 1 aromatic carbocycles. The van der Waals surface area contributed by atoms with Gasteiger partial charge in [-0.3, -0.25) is 9.59 Å². The average Bonchev–Trinajstić information content (AvgIpc) is 3.08. The van der Waals surface area contributed by atoms with Crippen LogP contribution in [0, 0.1) is 12.3 Å². The van der Waals surface area contributed by atoms with E-state index >= 15 is 0 Å². The Hall–Kier alpha value is -2.70. The van der Waals surface area contributed by atoms with Crippen LogP contribution in [0.5, 0.6) is 0 Å². The lowest BCUT2D eigenvalue weighted by Crippen LogP contribution is -2.51. The average molecular weight is 368 g/mol. The van der Waals surface area contributed by atoms with E-state index in [2.05, 4.69) is 21.5 Å². The van der Waals surface area contributed by atoms with Gasteiger partial charge in [0.15, 0.2) is 5.82 Å². The summed E-state index contributed by atoms with van der Waals surface area (Å²) >= 11 is 0. The first kappa shape index (κ1) is 17.7. The fraction of sp³-hybridized carbons (Fsp3) is 0.500. The molecule has 0 saturated carbocycles. The van der Waals surface area contributed by atoms with Crippen molar-refractivity contribution in [3.05, 3.63) is 41.5 Å². The highest BCUT2D eigenvalue weighted by Crippen LogP contribution is 2.41. The quantitative estimate of drug-likeness (QED) is 0.896. The summed E-state index contributed by atoms with van der Waals surface area (Å²) in [6.07, 6.45) is 3.94. The minimum atomic E-state index is -0.383. The number of nitrogens with zero attached hydrogens (tertiary/aromatic N) is 3. The van der Waals surface area contributed by atoms with Gasteiger partial charge >= 0.3 is 0 Å². The van der Waals surface area contributed by atoms with Crippen LogP contribution in [0.15, 0.2) is 28.8 Å². The molecule has 1 N–H and O–H groups in total. The van der Waals surface area contributed by atoms with E-state index in [-0.39, 0.29) is 17.2 Å². The molecule has 7 nitrogen and oxygen atoms in total. The minimum absolute atomic E-state index is 0.0973. The van der Waals surface area contributed by atoms with Gasteiger partial charge in [0.1, 0.15) is 0 Å². The van der Waals surface area contributed by atoms with Gasteiger partial charge in [-0.05, 0) is 44.2 Å². The second kappa shape index (κ2) is 7.13. The number of aryl methyl sites for hydroxylation is 2. The van der Waals surface area contributed by atoms with Crippen LogP contribution in [0.1, 0.15) is 43.0 Å². The molecule has 0 radical (unpaired) electrons. The largest absolute Gasteiger partial charge is 0.343 e. The Balaban J connectivity index is 1.31. The predicted octanol–water partition coefficient (Wildman–Crippen LogP) is 2.50. The first-order valence-corrected chi connectivity index (χ1v) is 9.52. The number of benzene rings is 1. The van der Waals surface area contributed by atoms with Gasteiger partial charge in [-0.15, -0.1) is 0 Å². The Morgan fingerprint density at radius 3 is 2.81 bits per heavy atom. The number of hydrogen-bond acceptors (Lipinski definition) is 5. The Morgan fingerprint density at radius 2 is 2.07 bits per heavy atom. The smallest absolute Gasteiger partial charge is 0.231 e. The number of amides is 2. The number of carbonyl (C=O) groups is 2. The number of hydrogen-bond donors (Lipinski definition) is 1. The summed E-state index contributed by atoms with van der Waals surface area (Å²) in [5, 5.41) is 6.81. The third-order valence-electron chi connectivity index (χ3n) is 5.70. The minimum Gasteiger partial charge on any atom is -0.343 e. The van der Waals surface area contributed by atoms with E-state index in [9.17, 15) is 9.59 Å². The number of piperidine rings is 1. The number of para-hydroxylation sites is 1. The van der Waals surface area contributed by atoms with Gasteiger partial charge in [0.05, 0.1) is 5.41 Å². The van der Waals surface area contributed by atoms with Crippen LogP contribution in [0.2, 0.25) is 0 Å². The van der Waals surface area contributed by atoms with Crippen LogP contribution in [-0.4, -0.2) is 39.9 Å². The summed E-state index contributed by atoms with van der Waals surface area (Å²) in [7, 11) is 0. The molecule has 0 aliphatic carbocycles. The summed E-state index contributed by atoms with van der Waals surface area (Å²) < 4.78 is 5.08. The lowest BCUT2D eigenvalue weighted by atomic mass is 9.71. The van der Waals surface area contributed by atoms with Crippen molar-refractivity contribution < 1.29 is 14.1 Å². The third kappa shape index (κ3) is 3.59. The Kier molecular flexibility index (Phi) is 4.68. The van der Waals surface area contributed by atoms with E-state index in [0.29, 0.717) is 56.9 Å². The Morgan fingerprint density at radius 1 is 1.30 bits per heavy atom. The molecule has 2 aliphatic rings. The number of carbonyl (C=O) groups excluding carboxylic acids is 2. The number of nitrogens with one attached hydrogen (secondary N) is 1. The van der Waals surface area contributed by atoms with Crippen molar-refractivity contribution >= 4 is 17.5 Å². The van der Waals surface area contributed by atoms with Crippen LogP contribution in [0.4, 0.5) is 5.69 Å². The summed E-state index contributed by atoms with van der Waals surface area (Å²) in [6, 6.07) is 7.97. The van der Waals surface area contributed by atoms with Crippen LogP contribution >= 0.6 is 0 Å². The summed E-state index contributed by atoms with van der Waals surface area (Å²) in [5.74, 6) is 1.43. The van der Waals surface area contributed by atoms with E-state index in [0.717, 1.165) is 12.1 Å². The molecule has 27 heavy (non-hydrogen) atoms. The first-order valence-electron chi connectivity index (χ1n) is 9.52. The second-order valence-corrected chi connectivity index (χ2v) is 7.54. The number of anilines is 1. The van der Waals surface area contributed by atoms with Crippen molar-refractivity contribution in [2.24, 2.45) is 5.41 Å². The van der Waals surface area contributed by atoms with Crippen molar-refractivity contribution in [2.45, 2.75) is 45.4 Å². The van der Waals surface area contributed by atoms with Crippen LogP contribution in [0.25, 0.3) is 0 Å². The van der Waals surface area contributed by atoms with Crippen molar-refractivity contribution in [2.75, 3.05) is 18.4 Å². The lowest BCUT2D eigenvalue weighted by Gasteiger charge is -2.43. The molecule has 7 heteroatoms. The van der Waals surface area contributed by atoms with E-state index in [1.165, 1.54) is 5.56 Å². The zero-order chi connectivity index (χ0) is 18.9. The fourth-order valence-corrected chi connectivity index (χ4v) is 4.07. The maximum absolute atomic E-state index is 12.7. The zero-order valence-corrected chi connectivity index (χ0v) is 15.5. The topological polar surface area (TPSA) is 88.3 Å². The molecule has 4 rings (SSSR count). The van der Waals surface area contributed by atoms with Gasteiger partial charge in [-0.25, -0.2) is 0 Å². The molecule has 2 amide bonds. The van der Waals surface area contributed by atoms with Crippen molar-refractivity contribution in [1.82, 2.24) is 15.0 Å². The molecule has 142 valence electrons. The van der Waals surface area contributed by atoms with Crippen LogP contribution in [-0.2, 0) is 22.4 Å². The highest BCUT2D eigenvalue weighted by Gasteiger charge is 2.44. The molecule has 2 aromatic rings. The molecule has 0 bridgehead atoms. The van der Waals surface area contributed by atoms with Gasteiger partial charge in [0.25, 0.3) is 0 Å². The van der Waals surface area contributed by atoms with Crippen molar-refractivity contribution in [3.63, 3.8) is 0 Å². The van der Waals surface area contributed by atoms with E-state index in [1.807, 2.05) is 23.1 Å². The van der Waals surface area contributed by atoms with Crippen LogP contribution < -0.4 is 5.32 Å². The Bertz CT molecular complexity index is 852. The van der Waals surface area contributed by atoms with Gasteiger partial charge in [-0.1, -0.05) is 23.4 Å². The number of rotatable bonds is 4. The molecule has 3 heterocycles. The highest BCUT2D eigenvalue weighted by molar-refractivity contribution is 5.98. The molecular formula is C20H24N4O3. The molecule has 0 unspecified atom stereocenters. The normalized spacial score (nSPS) is 18.3. The maximum Gasteiger partial charge on any atom is 0.231 e. The molecule has 1 fully saturated rings. The van der Waals surface area contributed by atoms with Gasteiger partial charge in [0.2, 0.25) is 17.7 Å². The number of likely N-dealkylation sites (tertiary alicyclic amines) is 1. The van der Waals surface area contributed by atoms with E-state index in [1.54, 1.807) is 6.92 Å². The first-order chi connectivity index (χ1) is 13.1. The van der Waals surface area contributed by atoms with Crippen molar-refractivity contribution in [3.8, 4) is 0 Å². The predicted molar refractivity (Wildman–Crippen MR) is 99.0 cm³/mol. The SMILES string of the molecule is Cc1noc(CCCC(=O)N2CCC3(CC2)Cc2ccccc2NC3=O)n1. The third-order valence-corrected chi connectivity index (χ3v) is 5.70. The zero-order valence-electron chi connectivity index (χ0n) is 15.5. The standard InChI is InChI=1S/C20H24N4O3/c1-14-21-17(27-23-14)7-4-8-18(25)24-11-9-20(10-12-24)13-15-5-2-3-6-16(15)22-19(20)26/h2-3,5-6H,4,7-13H2,1H3,(H,22,26). The lowest BCUT2D eigenvalue weighted by molar-refractivity contribution is -0.138. The van der Waals surface area contributed by atoms with Crippen LogP contribution in [0.3, 0.4) is 0 Å². The molecule has 1 spiro atoms. The molecule has 2 aliphatic heterocycles. The molecule has 1 aromatic heterocycles. The Labute approximate surface area is 158 Å². The van der Waals surface area contributed by atoms with Gasteiger partial charge in [0, 0.05) is 31.6 Å². The number of fused-ring (bicyclic) bond motifs is 1. The van der Waals surface area contributed by atoms with E-state index in [4.69, 9.17) is 4.52 Å². The fourth-order valence-electron chi connectivity index (χ4n) is 4.07. The summed E-state index contributed by atoms with van der Waals surface area (Å²) in [6.45, 7) is 3.05. The maximum atomic E-state index is 12.7. The number of aromatic nitrogens is 2. The monoisotopic (exact) mass is 368 g/mol. The highest BCUT2D eigenvalue weighted by atomic mass is 16.5. The van der Waals surface area contributed by atoms with Crippen molar-refractivity contribution in [1.29, 1.82) is 0 Å². The van der Waals surface area contributed by atoms with Gasteiger partial charge < -0.3 is 14.7 Å². The summed E-state index contributed by atoms with van der Waals surface area (Å²) in [5.41, 5.74) is 1.72. The second-order valence-electron chi connectivity index (χ2n) is 7.54. The van der Waals surface area contributed by atoms with E-state index < -0.39 is 0 Å². The molecule has 1 saturated heterocycles. The summed E-state index contributed by atoms with van der Waals surface area (Å²) in [4.78, 5) is 31.3. The van der Waals surface area contributed by atoms with Gasteiger partial charge in [-0.2, -0.15) is 4.98 Å².